The van der Waals surface area contributed by atoms with Crippen molar-refractivity contribution in [1.82, 2.24) is 29.7 Å². The highest BCUT2D eigenvalue weighted by Gasteiger charge is 2.29. The summed E-state index contributed by atoms with van der Waals surface area (Å²) in [4.78, 5) is 31.2. The number of nitrogens with one attached hydrogen (secondary N) is 1. The van der Waals surface area contributed by atoms with Gasteiger partial charge in [-0.05, 0) is 50.2 Å². The number of aromatic nitrogens is 6. The summed E-state index contributed by atoms with van der Waals surface area (Å²) in [6.07, 6.45) is 9.17. The van der Waals surface area contributed by atoms with E-state index in [1.165, 1.54) is 25.7 Å². The van der Waals surface area contributed by atoms with Gasteiger partial charge >= 0.3 is 5.76 Å². The number of nitrogens with zero attached hydrogens (tertiary/aromatic N) is 6. The first-order chi connectivity index (χ1) is 18.5. The molecule has 6 rings (SSSR count). The van der Waals surface area contributed by atoms with Crippen molar-refractivity contribution in [2.45, 2.75) is 58.5 Å². The summed E-state index contributed by atoms with van der Waals surface area (Å²) in [6, 6.07) is 3.90. The molecule has 2 fully saturated rings. The van der Waals surface area contributed by atoms with Gasteiger partial charge in [-0.2, -0.15) is 0 Å². The van der Waals surface area contributed by atoms with E-state index < -0.39 is 5.76 Å². The van der Waals surface area contributed by atoms with Crippen molar-refractivity contribution in [3.63, 3.8) is 0 Å². The van der Waals surface area contributed by atoms with Crippen molar-refractivity contribution >= 4 is 28.6 Å². The minimum atomic E-state index is -0.635. The number of fused-ring (bicyclic) bond motifs is 1. The lowest BCUT2D eigenvalue weighted by Crippen LogP contribution is -2.37. The van der Waals surface area contributed by atoms with Gasteiger partial charge in [0.15, 0.2) is 0 Å². The second-order valence-electron chi connectivity index (χ2n) is 10.7. The van der Waals surface area contributed by atoms with Gasteiger partial charge < -0.3 is 14.2 Å². The van der Waals surface area contributed by atoms with Crippen molar-refractivity contribution in [3.05, 3.63) is 40.1 Å². The number of aromatic amines is 1. The fraction of sp³-hybridized carbons (Fsp3) is 0.519. The van der Waals surface area contributed by atoms with Gasteiger partial charge in [-0.15, -0.1) is 0 Å². The molecule has 10 nitrogen and oxygen atoms in total. The van der Waals surface area contributed by atoms with E-state index in [2.05, 4.69) is 38.4 Å². The Morgan fingerprint density at radius 3 is 2.74 bits per heavy atom. The Labute approximate surface area is 225 Å². The van der Waals surface area contributed by atoms with Crippen LogP contribution in [0.3, 0.4) is 0 Å². The van der Waals surface area contributed by atoms with Crippen LogP contribution in [0.15, 0.2) is 33.8 Å². The molecule has 0 radical (unpaired) electrons. The van der Waals surface area contributed by atoms with Crippen LogP contribution >= 0.6 is 11.6 Å². The second-order valence-corrected chi connectivity index (χ2v) is 11.1. The molecule has 0 bridgehead atoms. The molecular weight excluding hydrogens is 506 g/mol. The first kappa shape index (κ1) is 25.1. The first-order valence-corrected chi connectivity index (χ1v) is 13.8. The van der Waals surface area contributed by atoms with Gasteiger partial charge in [-0.1, -0.05) is 36.5 Å². The Balaban J connectivity index is 1.58. The lowest BCUT2D eigenvalue weighted by atomic mass is 9.83. The molecule has 4 aromatic rings. The van der Waals surface area contributed by atoms with E-state index in [1.54, 1.807) is 12.4 Å². The number of H-pyrrole nitrogens is 1. The summed E-state index contributed by atoms with van der Waals surface area (Å²) < 4.78 is 13.0. The Kier molecular flexibility index (Phi) is 6.92. The molecule has 1 aliphatic carbocycles. The van der Waals surface area contributed by atoms with Crippen LogP contribution in [0.4, 0.5) is 5.95 Å². The third kappa shape index (κ3) is 4.94. The largest absolute Gasteiger partial charge is 0.439 e. The number of halogens is 1. The molecule has 200 valence electrons. The number of hydrogen-bond donors (Lipinski definition) is 1. The van der Waals surface area contributed by atoms with Gasteiger partial charge in [0.25, 0.3) is 0 Å². The molecule has 1 atom stereocenters. The van der Waals surface area contributed by atoms with Gasteiger partial charge in [0.2, 0.25) is 11.8 Å². The molecule has 38 heavy (non-hydrogen) atoms. The van der Waals surface area contributed by atoms with Crippen molar-refractivity contribution in [1.29, 1.82) is 0 Å². The Hall–Kier alpha value is -3.24. The summed E-state index contributed by atoms with van der Waals surface area (Å²) in [5.74, 6) is 1.86. The molecule has 1 aliphatic heterocycles. The summed E-state index contributed by atoms with van der Waals surface area (Å²) in [7, 11) is 0. The van der Waals surface area contributed by atoms with Crippen molar-refractivity contribution in [3.8, 4) is 22.8 Å². The van der Waals surface area contributed by atoms with E-state index in [-0.39, 0.29) is 11.9 Å². The molecule has 2 aliphatic rings. The monoisotopic (exact) mass is 537 g/mol. The molecule has 4 aromatic heterocycles. The smallest absolute Gasteiger partial charge is 0.379 e. The maximum Gasteiger partial charge on any atom is 0.439 e. The van der Waals surface area contributed by atoms with E-state index >= 15 is 0 Å². The molecular formula is C27H32ClN7O3. The van der Waals surface area contributed by atoms with Crippen LogP contribution in [-0.2, 0) is 11.3 Å². The van der Waals surface area contributed by atoms with Gasteiger partial charge in [0.1, 0.15) is 5.69 Å². The molecule has 1 saturated heterocycles. The highest BCUT2D eigenvalue weighted by Crippen LogP contribution is 2.37. The zero-order chi connectivity index (χ0) is 26.2. The van der Waals surface area contributed by atoms with Gasteiger partial charge in [0.05, 0.1) is 34.4 Å². The zero-order valence-electron chi connectivity index (χ0n) is 21.7. The van der Waals surface area contributed by atoms with Crippen molar-refractivity contribution in [2.75, 3.05) is 24.7 Å². The van der Waals surface area contributed by atoms with Crippen molar-refractivity contribution in [2.24, 2.45) is 11.8 Å². The molecule has 1 N–H and O–H groups in total. The maximum atomic E-state index is 11.7. The average Bonchev–Trinajstić information content (AvgIpc) is 3.43. The minimum absolute atomic E-state index is 0.176. The van der Waals surface area contributed by atoms with Gasteiger partial charge in [-0.25, -0.2) is 14.8 Å². The quantitative estimate of drug-likeness (QED) is 0.381. The number of ether oxygens (including phenoxy) is 1. The number of pyridine rings is 2. The lowest BCUT2D eigenvalue weighted by molar-refractivity contribution is 0.137. The normalized spacial score (nSPS) is 22.6. The highest BCUT2D eigenvalue weighted by atomic mass is 35.5. The van der Waals surface area contributed by atoms with Crippen LogP contribution in [0.5, 0.6) is 0 Å². The Morgan fingerprint density at radius 1 is 1.13 bits per heavy atom. The number of anilines is 1. The SMILES string of the molecule is CC1COCCCN1c1nc2cc(-c3noc(=O)[nH]3)nc(-c3cncc(Cl)c3)c2n1C[C@H]1CC[C@H](C)CC1. The average molecular weight is 538 g/mol. The lowest BCUT2D eigenvalue weighted by Gasteiger charge is -2.31. The van der Waals surface area contributed by atoms with Gasteiger partial charge in [0, 0.05) is 37.7 Å². The Morgan fingerprint density at radius 2 is 1.97 bits per heavy atom. The highest BCUT2D eigenvalue weighted by molar-refractivity contribution is 6.30. The van der Waals surface area contributed by atoms with E-state index in [4.69, 9.17) is 30.8 Å². The fourth-order valence-electron chi connectivity index (χ4n) is 5.71. The van der Waals surface area contributed by atoms with Crippen LogP contribution in [0.1, 0.15) is 46.0 Å². The minimum Gasteiger partial charge on any atom is -0.379 e. The molecule has 5 heterocycles. The second kappa shape index (κ2) is 10.5. The summed E-state index contributed by atoms with van der Waals surface area (Å²) >= 11 is 6.37. The third-order valence-corrected chi connectivity index (χ3v) is 7.98. The summed E-state index contributed by atoms with van der Waals surface area (Å²) in [5, 5.41) is 4.40. The van der Waals surface area contributed by atoms with Crippen LogP contribution < -0.4 is 10.7 Å². The number of rotatable bonds is 5. The van der Waals surface area contributed by atoms with E-state index in [9.17, 15) is 4.79 Å². The standard InChI is InChI=1S/C27H32ClN7O3/c1-16-4-6-18(7-5-16)14-35-24-21(31-26(35)34-8-3-9-37-15-17(34)2)11-22(25-32-27(36)38-33-25)30-23(24)19-10-20(28)13-29-12-19/h10-13,16-18H,3-9,14-15H2,1-2H3,(H,32,33,36)/t16-,17?,18-. The number of imidazole rings is 1. The van der Waals surface area contributed by atoms with Gasteiger partial charge in [-0.3, -0.25) is 14.5 Å². The molecule has 11 heteroatoms. The molecule has 0 aromatic carbocycles. The van der Waals surface area contributed by atoms with E-state index in [0.29, 0.717) is 28.9 Å². The molecule has 1 unspecified atom stereocenters. The fourth-order valence-corrected chi connectivity index (χ4v) is 5.88. The third-order valence-electron chi connectivity index (χ3n) is 7.78. The van der Waals surface area contributed by atoms with E-state index in [1.807, 2.05) is 12.1 Å². The molecule has 0 amide bonds. The number of hydrogen-bond acceptors (Lipinski definition) is 8. The molecule has 0 spiro atoms. The van der Waals surface area contributed by atoms with Crippen LogP contribution in [0.25, 0.3) is 33.8 Å². The zero-order valence-corrected chi connectivity index (χ0v) is 22.4. The van der Waals surface area contributed by atoms with Crippen molar-refractivity contribution < 1.29 is 9.26 Å². The Bertz CT molecular complexity index is 1490. The summed E-state index contributed by atoms with van der Waals surface area (Å²) in [6.45, 7) is 7.63. The van der Waals surface area contributed by atoms with Crippen LogP contribution in [-0.4, -0.2) is 55.5 Å². The molecule has 1 saturated carbocycles. The summed E-state index contributed by atoms with van der Waals surface area (Å²) in [5.41, 5.74) is 3.62. The van der Waals surface area contributed by atoms with E-state index in [0.717, 1.165) is 54.6 Å². The maximum absolute atomic E-state index is 11.7. The van der Waals surface area contributed by atoms with Crippen LogP contribution in [0, 0.1) is 11.8 Å². The topological polar surface area (TPSA) is 115 Å². The predicted octanol–water partition coefficient (Wildman–Crippen LogP) is 4.93. The first-order valence-electron chi connectivity index (χ1n) is 13.4. The van der Waals surface area contributed by atoms with Crippen LogP contribution in [0.2, 0.25) is 5.02 Å². The predicted molar refractivity (Wildman–Crippen MR) is 145 cm³/mol.